The normalized spacial score (nSPS) is 18.3. The van der Waals surface area contributed by atoms with E-state index in [1.165, 1.54) is 4.80 Å². The SMILES string of the molecule is O=C(Cn1nnc(-c2ccccc2)n1)N1CCCC1c1ccc2c(c1)OCCCO2. The third-order valence-electron chi connectivity index (χ3n) is 5.49. The molecule has 0 N–H and O–H groups in total. The third-order valence-corrected chi connectivity index (χ3v) is 5.49. The lowest BCUT2D eigenvalue weighted by molar-refractivity contribution is -0.133. The largest absolute Gasteiger partial charge is 0.490 e. The van der Waals surface area contributed by atoms with Crippen LogP contribution >= 0.6 is 0 Å². The van der Waals surface area contributed by atoms with Crippen LogP contribution in [0.25, 0.3) is 11.4 Å². The molecule has 1 fully saturated rings. The number of benzene rings is 2. The summed E-state index contributed by atoms with van der Waals surface area (Å²) in [6, 6.07) is 15.6. The van der Waals surface area contributed by atoms with Crippen LogP contribution in [0.4, 0.5) is 0 Å². The highest BCUT2D eigenvalue weighted by Crippen LogP contribution is 2.38. The standard InChI is InChI=1S/C22H23N5O3/c28-21(15-27-24-22(23-25-27)16-6-2-1-3-7-16)26-11-4-8-18(26)17-9-10-19-20(14-17)30-13-5-12-29-19/h1-3,6-7,9-10,14,18H,4-5,8,11-13,15H2. The number of aromatic nitrogens is 4. The van der Waals surface area contributed by atoms with Gasteiger partial charge in [0.1, 0.15) is 6.54 Å². The predicted octanol–water partition coefficient (Wildman–Crippen LogP) is 2.87. The highest BCUT2D eigenvalue weighted by atomic mass is 16.5. The summed E-state index contributed by atoms with van der Waals surface area (Å²) in [4.78, 5) is 16.3. The van der Waals surface area contributed by atoms with Gasteiger partial charge in [0.25, 0.3) is 0 Å². The van der Waals surface area contributed by atoms with E-state index in [4.69, 9.17) is 9.47 Å². The molecule has 8 heteroatoms. The smallest absolute Gasteiger partial charge is 0.246 e. The number of carbonyl (C=O) groups is 1. The van der Waals surface area contributed by atoms with Gasteiger partial charge in [0, 0.05) is 18.5 Å². The van der Waals surface area contributed by atoms with Crippen LogP contribution < -0.4 is 9.47 Å². The quantitative estimate of drug-likeness (QED) is 0.664. The molecule has 8 nitrogen and oxygen atoms in total. The molecule has 0 spiro atoms. The second-order valence-corrected chi connectivity index (χ2v) is 7.51. The Morgan fingerprint density at radius 2 is 1.87 bits per heavy atom. The third kappa shape index (κ3) is 3.72. The van der Waals surface area contributed by atoms with E-state index >= 15 is 0 Å². The van der Waals surface area contributed by atoms with E-state index in [0.29, 0.717) is 19.0 Å². The predicted molar refractivity (Wildman–Crippen MR) is 109 cm³/mol. The first kappa shape index (κ1) is 18.6. The zero-order chi connectivity index (χ0) is 20.3. The maximum Gasteiger partial charge on any atom is 0.246 e. The molecule has 1 aromatic heterocycles. The van der Waals surface area contributed by atoms with Crippen molar-refractivity contribution in [2.75, 3.05) is 19.8 Å². The number of carbonyl (C=O) groups excluding carboxylic acids is 1. The fraction of sp³-hybridized carbons (Fsp3) is 0.364. The van der Waals surface area contributed by atoms with Gasteiger partial charge in [-0.1, -0.05) is 36.4 Å². The van der Waals surface area contributed by atoms with Gasteiger partial charge in [-0.25, -0.2) is 0 Å². The van der Waals surface area contributed by atoms with Crippen molar-refractivity contribution in [1.82, 2.24) is 25.1 Å². The number of ether oxygens (including phenoxy) is 2. The molecule has 2 aliphatic heterocycles. The Hall–Kier alpha value is -3.42. The molecular weight excluding hydrogens is 382 g/mol. The monoisotopic (exact) mass is 405 g/mol. The molecule has 3 aromatic rings. The maximum absolute atomic E-state index is 13.0. The Morgan fingerprint density at radius 1 is 1.03 bits per heavy atom. The zero-order valence-electron chi connectivity index (χ0n) is 16.6. The number of amides is 1. The van der Waals surface area contributed by atoms with E-state index < -0.39 is 0 Å². The first-order chi connectivity index (χ1) is 14.8. The summed E-state index contributed by atoms with van der Waals surface area (Å²) in [5, 5.41) is 12.5. The summed E-state index contributed by atoms with van der Waals surface area (Å²) in [5.74, 6) is 2.04. The fourth-order valence-corrected chi connectivity index (χ4v) is 4.02. The van der Waals surface area contributed by atoms with Crippen molar-refractivity contribution >= 4 is 5.91 Å². The molecule has 1 amide bonds. The van der Waals surface area contributed by atoms with Gasteiger partial charge >= 0.3 is 0 Å². The molecule has 0 bridgehead atoms. The van der Waals surface area contributed by atoms with Gasteiger partial charge in [-0.2, -0.15) is 4.80 Å². The number of rotatable bonds is 4. The van der Waals surface area contributed by atoms with E-state index in [2.05, 4.69) is 15.4 Å². The minimum absolute atomic E-state index is 0.0124. The summed E-state index contributed by atoms with van der Waals surface area (Å²) in [5.41, 5.74) is 1.95. The number of nitrogens with zero attached hydrogens (tertiary/aromatic N) is 5. The van der Waals surface area contributed by atoms with Crippen LogP contribution in [-0.4, -0.2) is 50.8 Å². The highest BCUT2D eigenvalue weighted by Gasteiger charge is 2.31. The molecule has 1 unspecified atom stereocenters. The lowest BCUT2D eigenvalue weighted by Gasteiger charge is -2.25. The van der Waals surface area contributed by atoms with Gasteiger partial charge in [-0.15, -0.1) is 10.2 Å². The minimum atomic E-state index is -0.0124. The number of fused-ring (bicyclic) bond motifs is 1. The zero-order valence-corrected chi connectivity index (χ0v) is 16.6. The number of likely N-dealkylation sites (tertiary alicyclic amines) is 1. The van der Waals surface area contributed by atoms with Crippen molar-refractivity contribution in [2.24, 2.45) is 0 Å². The fourth-order valence-electron chi connectivity index (χ4n) is 4.02. The summed E-state index contributed by atoms with van der Waals surface area (Å²) in [7, 11) is 0. The van der Waals surface area contributed by atoms with E-state index in [1.54, 1.807) is 0 Å². The summed E-state index contributed by atoms with van der Waals surface area (Å²) >= 11 is 0. The average molecular weight is 405 g/mol. The molecule has 2 aromatic carbocycles. The summed E-state index contributed by atoms with van der Waals surface area (Å²) in [6.07, 6.45) is 2.75. The Bertz CT molecular complexity index is 1040. The second kappa shape index (κ2) is 8.14. The Morgan fingerprint density at radius 3 is 2.73 bits per heavy atom. The molecule has 1 saturated heterocycles. The lowest BCUT2D eigenvalue weighted by atomic mass is 10.0. The van der Waals surface area contributed by atoms with E-state index in [0.717, 1.165) is 48.4 Å². The highest BCUT2D eigenvalue weighted by molar-refractivity contribution is 5.76. The Kier molecular flexibility index (Phi) is 5.04. The van der Waals surface area contributed by atoms with E-state index in [-0.39, 0.29) is 18.5 Å². The molecule has 0 saturated carbocycles. The molecule has 30 heavy (non-hydrogen) atoms. The first-order valence-electron chi connectivity index (χ1n) is 10.3. The van der Waals surface area contributed by atoms with Crippen molar-refractivity contribution in [1.29, 1.82) is 0 Å². The number of hydrogen-bond donors (Lipinski definition) is 0. The van der Waals surface area contributed by atoms with Crippen LogP contribution in [0, 0.1) is 0 Å². The lowest BCUT2D eigenvalue weighted by Crippen LogP contribution is -2.34. The molecule has 1 atom stereocenters. The second-order valence-electron chi connectivity index (χ2n) is 7.51. The van der Waals surface area contributed by atoms with Crippen molar-refractivity contribution < 1.29 is 14.3 Å². The maximum atomic E-state index is 13.0. The Balaban J connectivity index is 1.31. The van der Waals surface area contributed by atoms with E-state index in [9.17, 15) is 4.79 Å². The van der Waals surface area contributed by atoms with Crippen LogP contribution in [0.2, 0.25) is 0 Å². The number of hydrogen-bond acceptors (Lipinski definition) is 6. The van der Waals surface area contributed by atoms with E-state index in [1.807, 2.05) is 53.4 Å². The first-order valence-corrected chi connectivity index (χ1v) is 10.3. The van der Waals surface area contributed by atoms with Crippen molar-refractivity contribution in [3.63, 3.8) is 0 Å². The van der Waals surface area contributed by atoms with Crippen LogP contribution in [0.15, 0.2) is 48.5 Å². The van der Waals surface area contributed by atoms with Gasteiger partial charge in [0.15, 0.2) is 11.5 Å². The van der Waals surface area contributed by atoms with Gasteiger partial charge in [-0.05, 0) is 35.8 Å². The average Bonchev–Trinajstić information content (AvgIpc) is 3.39. The molecule has 0 radical (unpaired) electrons. The topological polar surface area (TPSA) is 82.4 Å². The summed E-state index contributed by atoms with van der Waals surface area (Å²) in [6.45, 7) is 2.10. The van der Waals surface area contributed by atoms with Crippen molar-refractivity contribution in [3.8, 4) is 22.9 Å². The molecule has 0 aliphatic carbocycles. The molecular formula is C22H23N5O3. The van der Waals surface area contributed by atoms with Crippen LogP contribution in [-0.2, 0) is 11.3 Å². The van der Waals surface area contributed by atoms with Crippen molar-refractivity contribution in [2.45, 2.75) is 31.8 Å². The van der Waals surface area contributed by atoms with Gasteiger partial charge in [-0.3, -0.25) is 4.79 Å². The number of tetrazole rings is 1. The van der Waals surface area contributed by atoms with Crippen LogP contribution in [0.1, 0.15) is 30.9 Å². The summed E-state index contributed by atoms with van der Waals surface area (Å²) < 4.78 is 11.5. The van der Waals surface area contributed by atoms with Crippen LogP contribution in [0.5, 0.6) is 11.5 Å². The van der Waals surface area contributed by atoms with Gasteiger partial charge < -0.3 is 14.4 Å². The van der Waals surface area contributed by atoms with Crippen molar-refractivity contribution in [3.05, 3.63) is 54.1 Å². The molecule has 3 heterocycles. The van der Waals surface area contributed by atoms with Gasteiger partial charge in [0.2, 0.25) is 11.7 Å². The molecule has 154 valence electrons. The minimum Gasteiger partial charge on any atom is -0.490 e. The van der Waals surface area contributed by atoms with Gasteiger partial charge in [0.05, 0.1) is 19.3 Å². The molecule has 2 aliphatic rings. The Labute approximate surface area is 174 Å². The molecule has 5 rings (SSSR count). The van der Waals surface area contributed by atoms with Crippen LogP contribution in [0.3, 0.4) is 0 Å².